The molecule has 0 amide bonds. The molecule has 1 fully saturated rings. The number of carbonyl (C=O) groups is 2. The van der Waals surface area contributed by atoms with E-state index in [1.165, 1.54) is 0 Å². The molecule has 27 heavy (non-hydrogen) atoms. The molecular formula is C21H20N2O4. The van der Waals surface area contributed by atoms with Crippen LogP contribution in [0.15, 0.2) is 47.0 Å². The molecule has 3 aromatic rings. The summed E-state index contributed by atoms with van der Waals surface area (Å²) in [6.45, 7) is 3.20. The van der Waals surface area contributed by atoms with Crippen molar-refractivity contribution in [1.29, 1.82) is 0 Å². The molecule has 0 atom stereocenters. The number of aryl methyl sites for hydroxylation is 1. The molecule has 1 saturated heterocycles. The van der Waals surface area contributed by atoms with E-state index in [0.717, 1.165) is 36.9 Å². The number of hydrogen-bond acceptors (Lipinski definition) is 6. The first kappa shape index (κ1) is 17.3. The van der Waals surface area contributed by atoms with Crippen molar-refractivity contribution in [2.45, 2.75) is 19.8 Å². The second-order valence-electron chi connectivity index (χ2n) is 6.62. The van der Waals surface area contributed by atoms with E-state index >= 15 is 0 Å². The SMILES string of the molecule is Cc1c(C(=O)COC(=O)c2cccnc2N2CCCC2)oc2ccccc12. The molecule has 2 aromatic heterocycles. The quantitative estimate of drug-likeness (QED) is 0.507. The number of nitrogens with zero attached hydrogens (tertiary/aromatic N) is 2. The standard InChI is InChI=1S/C21H20N2O4/c1-14-15-7-2-3-9-18(15)27-19(14)17(24)13-26-21(25)16-8-6-10-22-20(16)23-11-4-5-12-23/h2-3,6-10H,4-5,11-13H2,1H3. The molecule has 0 spiro atoms. The van der Waals surface area contributed by atoms with Crippen molar-refractivity contribution in [2.24, 2.45) is 0 Å². The molecule has 1 aromatic carbocycles. The summed E-state index contributed by atoms with van der Waals surface area (Å²) in [5, 5.41) is 0.885. The topological polar surface area (TPSA) is 72.6 Å². The zero-order valence-corrected chi connectivity index (χ0v) is 15.1. The van der Waals surface area contributed by atoms with Gasteiger partial charge in [0.05, 0.1) is 0 Å². The summed E-state index contributed by atoms with van der Waals surface area (Å²) in [6.07, 6.45) is 3.82. The zero-order chi connectivity index (χ0) is 18.8. The molecule has 1 aliphatic heterocycles. The maximum Gasteiger partial charge on any atom is 0.342 e. The van der Waals surface area contributed by atoms with Gasteiger partial charge in [-0.2, -0.15) is 0 Å². The molecule has 6 nitrogen and oxygen atoms in total. The van der Waals surface area contributed by atoms with Gasteiger partial charge in [-0.15, -0.1) is 0 Å². The van der Waals surface area contributed by atoms with E-state index in [4.69, 9.17) is 9.15 Å². The zero-order valence-electron chi connectivity index (χ0n) is 15.1. The average molecular weight is 364 g/mol. The Bertz CT molecular complexity index is 1000. The van der Waals surface area contributed by atoms with Gasteiger partial charge in [0.15, 0.2) is 12.4 Å². The Kier molecular flexibility index (Phi) is 4.62. The number of hydrogen-bond donors (Lipinski definition) is 0. The number of furan rings is 1. The number of ether oxygens (including phenoxy) is 1. The highest BCUT2D eigenvalue weighted by Gasteiger charge is 2.23. The number of esters is 1. The minimum atomic E-state index is -0.549. The fraction of sp³-hybridized carbons (Fsp3) is 0.286. The summed E-state index contributed by atoms with van der Waals surface area (Å²) in [6, 6.07) is 10.8. The minimum Gasteiger partial charge on any atom is -0.453 e. The van der Waals surface area contributed by atoms with Crippen molar-refractivity contribution in [3.8, 4) is 0 Å². The number of fused-ring (bicyclic) bond motifs is 1. The third-order valence-corrected chi connectivity index (χ3v) is 4.84. The molecule has 1 aliphatic rings. The number of pyridine rings is 1. The third-order valence-electron chi connectivity index (χ3n) is 4.84. The lowest BCUT2D eigenvalue weighted by atomic mass is 10.1. The minimum absolute atomic E-state index is 0.231. The molecular weight excluding hydrogens is 344 g/mol. The van der Waals surface area contributed by atoms with Crippen LogP contribution in [-0.2, 0) is 4.74 Å². The van der Waals surface area contributed by atoms with E-state index in [1.54, 1.807) is 18.3 Å². The number of Topliss-reactive ketones (excluding diaryl/α,β-unsaturated/α-hetero) is 1. The Morgan fingerprint density at radius 2 is 1.93 bits per heavy atom. The van der Waals surface area contributed by atoms with Crippen LogP contribution < -0.4 is 4.90 Å². The van der Waals surface area contributed by atoms with Gasteiger partial charge in [-0.25, -0.2) is 9.78 Å². The number of aromatic nitrogens is 1. The van der Waals surface area contributed by atoms with Crippen molar-refractivity contribution in [3.05, 3.63) is 59.5 Å². The average Bonchev–Trinajstić information content (AvgIpc) is 3.35. The summed E-state index contributed by atoms with van der Waals surface area (Å²) in [7, 11) is 0. The van der Waals surface area contributed by atoms with E-state index in [2.05, 4.69) is 9.88 Å². The van der Waals surface area contributed by atoms with Crippen LogP contribution in [0.3, 0.4) is 0 Å². The van der Waals surface area contributed by atoms with Gasteiger partial charge in [-0.3, -0.25) is 4.79 Å². The molecule has 138 valence electrons. The molecule has 4 rings (SSSR count). The highest BCUT2D eigenvalue weighted by molar-refractivity contribution is 6.03. The highest BCUT2D eigenvalue weighted by atomic mass is 16.5. The fourth-order valence-electron chi connectivity index (χ4n) is 3.45. The second-order valence-corrected chi connectivity index (χ2v) is 6.62. The molecule has 0 bridgehead atoms. The number of carbonyl (C=O) groups excluding carboxylic acids is 2. The Morgan fingerprint density at radius 3 is 2.70 bits per heavy atom. The van der Waals surface area contributed by atoms with Gasteiger partial charge in [-0.05, 0) is 38.0 Å². The van der Waals surface area contributed by atoms with Crippen LogP contribution in [0.25, 0.3) is 11.0 Å². The van der Waals surface area contributed by atoms with Gasteiger partial charge in [0.25, 0.3) is 0 Å². The predicted octanol–water partition coefficient (Wildman–Crippen LogP) is 3.78. The number of para-hydroxylation sites is 1. The first-order valence-electron chi connectivity index (χ1n) is 9.03. The first-order chi connectivity index (χ1) is 13.1. The molecule has 0 unspecified atom stereocenters. The van der Waals surface area contributed by atoms with Gasteiger partial charge >= 0.3 is 5.97 Å². The van der Waals surface area contributed by atoms with Crippen molar-refractivity contribution in [1.82, 2.24) is 4.98 Å². The van der Waals surface area contributed by atoms with Gasteiger partial charge in [0.2, 0.25) is 5.78 Å². The van der Waals surface area contributed by atoms with Gasteiger partial charge < -0.3 is 14.1 Å². The number of benzene rings is 1. The van der Waals surface area contributed by atoms with Gasteiger partial charge in [0.1, 0.15) is 17.0 Å². The van der Waals surface area contributed by atoms with E-state index in [9.17, 15) is 9.59 Å². The molecule has 6 heteroatoms. The number of ketones is 1. The van der Waals surface area contributed by atoms with Crippen LogP contribution in [0.2, 0.25) is 0 Å². The van der Waals surface area contributed by atoms with Crippen molar-refractivity contribution in [3.63, 3.8) is 0 Å². The van der Waals surface area contributed by atoms with Crippen LogP contribution in [0.5, 0.6) is 0 Å². The lowest BCUT2D eigenvalue weighted by molar-refractivity contribution is 0.0468. The lowest BCUT2D eigenvalue weighted by Gasteiger charge is -2.18. The van der Waals surface area contributed by atoms with Crippen molar-refractivity contribution in [2.75, 3.05) is 24.6 Å². The fourth-order valence-corrected chi connectivity index (χ4v) is 3.45. The molecule has 0 N–H and O–H groups in total. The largest absolute Gasteiger partial charge is 0.453 e. The van der Waals surface area contributed by atoms with Crippen molar-refractivity contribution < 1.29 is 18.7 Å². The molecule has 0 saturated carbocycles. The molecule has 0 aliphatic carbocycles. The van der Waals surface area contributed by atoms with E-state index in [1.807, 2.05) is 31.2 Å². The lowest BCUT2D eigenvalue weighted by Crippen LogP contribution is -2.23. The summed E-state index contributed by atoms with van der Waals surface area (Å²) < 4.78 is 10.9. The smallest absolute Gasteiger partial charge is 0.342 e. The Balaban J connectivity index is 1.49. The van der Waals surface area contributed by atoms with Crippen molar-refractivity contribution >= 4 is 28.5 Å². The Labute approximate surface area is 156 Å². The Hall–Kier alpha value is -3.15. The van der Waals surface area contributed by atoms with Crippen LogP contribution in [-0.4, -0.2) is 36.4 Å². The van der Waals surface area contributed by atoms with Crippen LogP contribution in [0.1, 0.15) is 39.3 Å². The van der Waals surface area contributed by atoms with E-state index < -0.39 is 5.97 Å². The summed E-state index contributed by atoms with van der Waals surface area (Å²) >= 11 is 0. The maximum atomic E-state index is 12.5. The predicted molar refractivity (Wildman–Crippen MR) is 101 cm³/mol. The summed E-state index contributed by atoms with van der Waals surface area (Å²) in [4.78, 5) is 31.5. The first-order valence-corrected chi connectivity index (χ1v) is 9.03. The van der Waals surface area contributed by atoms with Crippen LogP contribution in [0.4, 0.5) is 5.82 Å². The second kappa shape index (κ2) is 7.23. The molecule has 0 radical (unpaired) electrons. The van der Waals surface area contributed by atoms with E-state index in [-0.39, 0.29) is 18.2 Å². The summed E-state index contributed by atoms with van der Waals surface area (Å²) in [5.41, 5.74) is 1.78. The number of anilines is 1. The third kappa shape index (κ3) is 3.30. The maximum absolute atomic E-state index is 12.5. The monoisotopic (exact) mass is 364 g/mol. The van der Waals surface area contributed by atoms with Crippen LogP contribution in [0, 0.1) is 6.92 Å². The van der Waals surface area contributed by atoms with Gasteiger partial charge in [-0.1, -0.05) is 18.2 Å². The van der Waals surface area contributed by atoms with Crippen LogP contribution >= 0.6 is 0 Å². The molecule has 3 heterocycles. The van der Waals surface area contributed by atoms with Gasteiger partial charge in [0, 0.05) is 30.2 Å². The number of rotatable bonds is 5. The normalized spacial score (nSPS) is 13.9. The Morgan fingerprint density at radius 1 is 1.15 bits per heavy atom. The highest BCUT2D eigenvalue weighted by Crippen LogP contribution is 2.26. The summed E-state index contributed by atoms with van der Waals surface area (Å²) in [5.74, 6) is -0.0573. The van der Waals surface area contributed by atoms with E-state index in [0.29, 0.717) is 17.0 Å².